The number of rotatable bonds is 8. The average molecular weight is 595 g/mol. The van der Waals surface area contributed by atoms with E-state index in [4.69, 9.17) is 5.11 Å². The third-order valence-corrected chi connectivity index (χ3v) is 7.15. The van der Waals surface area contributed by atoms with Crippen molar-refractivity contribution in [2.45, 2.75) is 25.1 Å². The molecule has 0 radical (unpaired) electrons. The second-order valence-corrected chi connectivity index (χ2v) is 9.88. The number of hydrogen-bond donors (Lipinski definition) is 4. The molecule has 43 heavy (non-hydrogen) atoms. The van der Waals surface area contributed by atoms with E-state index in [-0.39, 0.29) is 29.1 Å². The van der Waals surface area contributed by atoms with Crippen LogP contribution in [0.1, 0.15) is 34.8 Å². The summed E-state index contributed by atoms with van der Waals surface area (Å²) in [6.45, 7) is 0.630. The zero-order valence-corrected chi connectivity index (χ0v) is 23.1. The number of likely N-dealkylation sites (tertiary alicyclic amines) is 1. The molecule has 0 atom stereocenters. The van der Waals surface area contributed by atoms with Gasteiger partial charge in [-0.05, 0) is 42.7 Å². The van der Waals surface area contributed by atoms with Crippen molar-refractivity contribution in [3.63, 3.8) is 0 Å². The monoisotopic (exact) mass is 594 g/mol. The number of nitrogens with zero attached hydrogens (tertiary/aromatic N) is 5. The molecule has 4 aromatic rings. The number of amides is 2. The highest BCUT2D eigenvalue weighted by molar-refractivity contribution is 6.00. The van der Waals surface area contributed by atoms with E-state index in [9.17, 15) is 22.8 Å². The van der Waals surface area contributed by atoms with Gasteiger partial charge in [0.15, 0.2) is 0 Å². The minimum absolute atomic E-state index is 0.0699. The quantitative estimate of drug-likeness (QED) is 0.236. The van der Waals surface area contributed by atoms with Crippen LogP contribution in [0.3, 0.4) is 0 Å². The number of aromatic nitrogens is 4. The number of anilines is 4. The van der Waals surface area contributed by atoms with Gasteiger partial charge in [-0.3, -0.25) is 14.3 Å². The van der Waals surface area contributed by atoms with Crippen molar-refractivity contribution in [3.8, 4) is 11.1 Å². The highest BCUT2D eigenvalue weighted by Crippen LogP contribution is 2.36. The third-order valence-electron chi connectivity index (χ3n) is 7.15. The molecule has 1 saturated heterocycles. The Morgan fingerprint density at radius 3 is 2.40 bits per heavy atom. The Kier molecular flexibility index (Phi) is 8.57. The minimum atomic E-state index is -4.73. The van der Waals surface area contributed by atoms with Gasteiger partial charge >= 0.3 is 6.18 Å². The van der Waals surface area contributed by atoms with Gasteiger partial charge in [-0.25, -0.2) is 4.98 Å². The largest absolute Gasteiger partial charge is 0.421 e. The maximum absolute atomic E-state index is 13.8. The first-order valence-electron chi connectivity index (χ1n) is 13.5. The van der Waals surface area contributed by atoms with Crippen molar-refractivity contribution in [1.29, 1.82) is 0 Å². The van der Waals surface area contributed by atoms with Crippen LogP contribution in [0, 0.1) is 0 Å². The van der Waals surface area contributed by atoms with E-state index in [0.29, 0.717) is 25.0 Å². The molecule has 1 fully saturated rings. The fraction of sp³-hybridized carbons (Fsp3) is 0.276. The minimum Gasteiger partial charge on any atom is -0.387 e. The fourth-order valence-electron chi connectivity index (χ4n) is 4.84. The van der Waals surface area contributed by atoms with Crippen molar-refractivity contribution < 1.29 is 27.9 Å². The molecule has 0 bridgehead atoms. The van der Waals surface area contributed by atoms with Crippen LogP contribution in [-0.4, -0.2) is 68.3 Å². The predicted molar refractivity (Wildman–Crippen MR) is 153 cm³/mol. The van der Waals surface area contributed by atoms with E-state index in [1.54, 1.807) is 35.4 Å². The molecule has 224 valence electrons. The number of halogens is 3. The topological polar surface area (TPSA) is 137 Å². The molecule has 0 unspecified atom stereocenters. The lowest BCUT2D eigenvalue weighted by Gasteiger charge is -2.31. The molecular formula is C29H29F3N8O3. The van der Waals surface area contributed by atoms with Crippen molar-refractivity contribution in [2.24, 2.45) is 0 Å². The molecule has 11 nitrogen and oxygen atoms in total. The van der Waals surface area contributed by atoms with E-state index >= 15 is 0 Å². The van der Waals surface area contributed by atoms with Crippen LogP contribution in [0.5, 0.6) is 0 Å². The van der Waals surface area contributed by atoms with Crippen LogP contribution < -0.4 is 16.0 Å². The Hall–Kier alpha value is -4.98. The van der Waals surface area contributed by atoms with Gasteiger partial charge in [-0.1, -0.05) is 24.3 Å². The van der Waals surface area contributed by atoms with Gasteiger partial charge in [0.1, 0.15) is 18.0 Å². The molecule has 0 spiro atoms. The van der Waals surface area contributed by atoms with Crippen LogP contribution >= 0.6 is 0 Å². The smallest absolute Gasteiger partial charge is 0.387 e. The number of para-hydroxylation sites is 1. The molecule has 3 heterocycles. The lowest BCUT2D eigenvalue weighted by atomic mass is 10.0. The van der Waals surface area contributed by atoms with Crippen LogP contribution in [0.15, 0.2) is 67.1 Å². The molecule has 4 N–H and O–H groups in total. The molecule has 0 saturated carbocycles. The standard InChI is InChI=1S/C29H29F3N8O3/c1-33-27(43)22-4-2-3-5-24(22)37-26-23(29(30,31)32)15-34-28(38-26)36-20-8-6-18(7-9-20)19-14-35-40(16-19)21-10-12-39(13-11-21)25(42)17-41/h2-9,14-16,21,41H,10-13,17H2,1H3,(H,33,43)(H2,34,36,37,38). The molecule has 1 aliphatic rings. The van der Waals surface area contributed by atoms with Crippen LogP contribution in [0.2, 0.25) is 0 Å². The lowest BCUT2D eigenvalue weighted by molar-refractivity contribution is -0.137. The van der Waals surface area contributed by atoms with Gasteiger partial charge in [-0.2, -0.15) is 23.3 Å². The molecule has 2 amide bonds. The van der Waals surface area contributed by atoms with Gasteiger partial charge in [0, 0.05) is 43.8 Å². The Morgan fingerprint density at radius 1 is 1.00 bits per heavy atom. The lowest BCUT2D eigenvalue weighted by Crippen LogP contribution is -2.40. The van der Waals surface area contributed by atoms with Gasteiger partial charge in [0.25, 0.3) is 5.91 Å². The molecular weight excluding hydrogens is 565 g/mol. The van der Waals surface area contributed by atoms with Crippen molar-refractivity contribution in [2.75, 3.05) is 37.4 Å². The van der Waals surface area contributed by atoms with Gasteiger partial charge in [0.2, 0.25) is 11.9 Å². The summed E-state index contributed by atoms with van der Waals surface area (Å²) in [6, 6.07) is 13.5. The Balaban J connectivity index is 1.30. The maximum Gasteiger partial charge on any atom is 0.421 e. The van der Waals surface area contributed by atoms with Crippen molar-refractivity contribution >= 4 is 35.0 Å². The first-order chi connectivity index (χ1) is 20.7. The van der Waals surface area contributed by atoms with E-state index in [1.807, 2.05) is 23.0 Å². The Bertz CT molecular complexity index is 1600. The van der Waals surface area contributed by atoms with Gasteiger partial charge in [0.05, 0.1) is 23.5 Å². The number of benzene rings is 2. The van der Waals surface area contributed by atoms with E-state index in [1.165, 1.54) is 19.2 Å². The van der Waals surface area contributed by atoms with Crippen molar-refractivity contribution in [1.82, 2.24) is 30.0 Å². The van der Waals surface area contributed by atoms with Gasteiger partial charge < -0.3 is 26.0 Å². The molecule has 1 aliphatic heterocycles. The summed E-state index contributed by atoms with van der Waals surface area (Å²) in [4.78, 5) is 33.5. The normalized spacial score (nSPS) is 13.9. The molecule has 2 aromatic carbocycles. The number of carbonyl (C=O) groups excluding carboxylic acids is 2. The Morgan fingerprint density at radius 2 is 1.72 bits per heavy atom. The van der Waals surface area contributed by atoms with E-state index in [0.717, 1.165) is 24.0 Å². The molecule has 0 aliphatic carbocycles. The van der Waals surface area contributed by atoms with Crippen LogP contribution in [-0.2, 0) is 11.0 Å². The predicted octanol–water partition coefficient (Wildman–Crippen LogP) is 4.36. The summed E-state index contributed by atoms with van der Waals surface area (Å²) in [5.74, 6) is -1.31. The number of aliphatic hydroxyl groups is 1. The number of aliphatic hydroxyl groups excluding tert-OH is 1. The van der Waals surface area contributed by atoms with Crippen molar-refractivity contribution in [3.05, 3.63) is 78.2 Å². The van der Waals surface area contributed by atoms with Crippen LogP contribution in [0.25, 0.3) is 11.1 Å². The summed E-state index contributed by atoms with van der Waals surface area (Å²) in [5.41, 5.74) is 1.55. The summed E-state index contributed by atoms with van der Waals surface area (Å²) < 4.78 is 43.2. The first kappa shape index (κ1) is 29.5. The highest BCUT2D eigenvalue weighted by atomic mass is 19.4. The third kappa shape index (κ3) is 6.75. The first-order valence-corrected chi connectivity index (χ1v) is 13.5. The molecule has 2 aromatic heterocycles. The number of carbonyl (C=O) groups is 2. The van der Waals surface area contributed by atoms with E-state index < -0.39 is 30.1 Å². The number of hydrogen-bond acceptors (Lipinski definition) is 8. The summed E-state index contributed by atoms with van der Waals surface area (Å²) in [7, 11) is 1.43. The van der Waals surface area contributed by atoms with Crippen LogP contribution in [0.4, 0.5) is 36.3 Å². The summed E-state index contributed by atoms with van der Waals surface area (Å²) in [6.07, 6.45) is 1.11. The number of piperidine rings is 1. The SMILES string of the molecule is CNC(=O)c1ccccc1Nc1nc(Nc2ccc(-c3cnn(C4CCN(C(=O)CO)CC4)c3)cc2)ncc1C(F)(F)F. The number of nitrogens with one attached hydrogen (secondary N) is 3. The molecule has 5 rings (SSSR count). The zero-order valence-electron chi connectivity index (χ0n) is 23.1. The second-order valence-electron chi connectivity index (χ2n) is 9.88. The fourth-order valence-corrected chi connectivity index (χ4v) is 4.84. The summed E-state index contributed by atoms with van der Waals surface area (Å²) in [5, 5.41) is 21.6. The second kappa shape index (κ2) is 12.5. The molecule has 14 heteroatoms. The summed E-state index contributed by atoms with van der Waals surface area (Å²) >= 11 is 0. The Labute approximate surface area is 244 Å². The van der Waals surface area contributed by atoms with Gasteiger partial charge in [-0.15, -0.1) is 0 Å². The zero-order chi connectivity index (χ0) is 30.6. The number of alkyl halides is 3. The maximum atomic E-state index is 13.8. The average Bonchev–Trinajstić information content (AvgIpc) is 3.51. The highest BCUT2D eigenvalue weighted by Gasteiger charge is 2.35. The van der Waals surface area contributed by atoms with E-state index in [2.05, 4.69) is 31.0 Å².